The number of rotatable bonds is 3. The molecule has 0 aromatic carbocycles. The van der Waals surface area contributed by atoms with Gasteiger partial charge in [0.05, 0.1) is 23.7 Å². The molecule has 0 aliphatic heterocycles. The zero-order chi connectivity index (χ0) is 11.4. The summed E-state index contributed by atoms with van der Waals surface area (Å²) in [4.78, 5) is 19.5. The van der Waals surface area contributed by atoms with Crippen molar-refractivity contribution >= 4 is 5.91 Å². The minimum atomic E-state index is -0.665. The summed E-state index contributed by atoms with van der Waals surface area (Å²) in [5, 5.41) is 12.0. The van der Waals surface area contributed by atoms with Crippen LogP contribution in [-0.2, 0) is 0 Å². The Balaban J connectivity index is 3.10. The number of aliphatic hydroxyl groups excluding tert-OH is 1. The highest BCUT2D eigenvalue weighted by Crippen LogP contribution is 2.14. The van der Waals surface area contributed by atoms with E-state index in [-0.39, 0.29) is 11.6 Å². The molecule has 2 N–H and O–H groups in total. The van der Waals surface area contributed by atoms with Gasteiger partial charge in [-0.3, -0.25) is 9.78 Å². The Kier molecular flexibility index (Phi) is 3.74. The number of aryl methyl sites for hydroxylation is 1. The number of aliphatic hydroxyl groups is 1. The van der Waals surface area contributed by atoms with Crippen LogP contribution in [0.2, 0.25) is 0 Å². The lowest BCUT2D eigenvalue weighted by Crippen LogP contribution is -2.22. The summed E-state index contributed by atoms with van der Waals surface area (Å²) < 4.78 is 0. The van der Waals surface area contributed by atoms with Gasteiger partial charge in [-0.05, 0) is 13.3 Å². The third kappa shape index (κ3) is 2.50. The molecule has 1 rings (SSSR count). The maximum atomic E-state index is 11.4. The van der Waals surface area contributed by atoms with E-state index in [0.717, 1.165) is 0 Å². The van der Waals surface area contributed by atoms with Crippen LogP contribution in [0.1, 0.15) is 41.3 Å². The Labute approximate surface area is 88.6 Å². The van der Waals surface area contributed by atoms with Crippen molar-refractivity contribution in [2.75, 3.05) is 7.05 Å². The summed E-state index contributed by atoms with van der Waals surface area (Å²) in [7, 11) is 1.53. The molecule has 15 heavy (non-hydrogen) atoms. The Morgan fingerprint density at radius 2 is 2.33 bits per heavy atom. The standard InChI is InChI=1S/C10H15N3O2/c1-4-8(14)7-5-12-6(2)9(13-7)10(15)11-3/h5,8,14H,4H2,1-3H3,(H,11,15). The van der Waals surface area contributed by atoms with Crippen LogP contribution >= 0.6 is 0 Å². The Bertz CT molecular complexity index is 366. The van der Waals surface area contributed by atoms with Crippen molar-refractivity contribution in [1.29, 1.82) is 0 Å². The molecule has 1 heterocycles. The van der Waals surface area contributed by atoms with Gasteiger partial charge in [0.25, 0.3) is 5.91 Å². The molecule has 0 aliphatic carbocycles. The monoisotopic (exact) mass is 209 g/mol. The fourth-order valence-electron chi connectivity index (χ4n) is 1.17. The van der Waals surface area contributed by atoms with E-state index in [1.54, 1.807) is 6.92 Å². The number of nitrogens with one attached hydrogen (secondary N) is 1. The number of hydrogen-bond acceptors (Lipinski definition) is 4. The van der Waals surface area contributed by atoms with E-state index in [2.05, 4.69) is 15.3 Å². The van der Waals surface area contributed by atoms with Gasteiger partial charge in [0.15, 0.2) is 0 Å². The predicted molar refractivity (Wildman–Crippen MR) is 55.4 cm³/mol. The first-order valence-corrected chi connectivity index (χ1v) is 4.83. The van der Waals surface area contributed by atoms with E-state index in [0.29, 0.717) is 17.8 Å². The minimum absolute atomic E-state index is 0.266. The van der Waals surface area contributed by atoms with Gasteiger partial charge in [0, 0.05) is 7.05 Å². The van der Waals surface area contributed by atoms with Gasteiger partial charge in [-0.15, -0.1) is 0 Å². The summed E-state index contributed by atoms with van der Waals surface area (Å²) in [5.41, 5.74) is 1.26. The number of aromatic nitrogens is 2. The fraction of sp³-hybridized carbons (Fsp3) is 0.500. The summed E-state index contributed by atoms with van der Waals surface area (Å²) >= 11 is 0. The average Bonchev–Trinajstić information content (AvgIpc) is 2.27. The van der Waals surface area contributed by atoms with Gasteiger partial charge >= 0.3 is 0 Å². The average molecular weight is 209 g/mol. The van der Waals surface area contributed by atoms with E-state index < -0.39 is 6.10 Å². The first-order valence-electron chi connectivity index (χ1n) is 4.83. The van der Waals surface area contributed by atoms with Gasteiger partial charge in [0.1, 0.15) is 5.69 Å². The van der Waals surface area contributed by atoms with Crippen LogP contribution in [0.25, 0.3) is 0 Å². The molecule has 82 valence electrons. The van der Waals surface area contributed by atoms with Crippen molar-refractivity contribution in [2.24, 2.45) is 0 Å². The highest BCUT2D eigenvalue weighted by molar-refractivity contribution is 5.92. The number of nitrogens with zero attached hydrogens (tertiary/aromatic N) is 2. The van der Waals surface area contributed by atoms with Crippen LogP contribution in [0.15, 0.2) is 6.20 Å². The first-order chi connectivity index (χ1) is 7.10. The Morgan fingerprint density at radius 1 is 1.67 bits per heavy atom. The van der Waals surface area contributed by atoms with Gasteiger partial charge < -0.3 is 10.4 Å². The quantitative estimate of drug-likeness (QED) is 0.764. The second kappa shape index (κ2) is 4.84. The molecule has 1 aromatic rings. The number of hydrogen-bond donors (Lipinski definition) is 2. The fourth-order valence-corrected chi connectivity index (χ4v) is 1.17. The summed E-state index contributed by atoms with van der Waals surface area (Å²) in [6.07, 6.45) is 1.38. The molecule has 1 unspecified atom stereocenters. The van der Waals surface area contributed by atoms with E-state index in [4.69, 9.17) is 0 Å². The van der Waals surface area contributed by atoms with Crippen LogP contribution in [0.4, 0.5) is 0 Å². The Hall–Kier alpha value is -1.49. The van der Waals surface area contributed by atoms with Crippen molar-refractivity contribution < 1.29 is 9.90 Å². The summed E-state index contributed by atoms with van der Waals surface area (Å²) in [6.45, 7) is 3.55. The molecule has 0 radical (unpaired) electrons. The van der Waals surface area contributed by atoms with E-state index in [1.807, 2.05) is 6.92 Å². The molecular weight excluding hydrogens is 194 g/mol. The maximum Gasteiger partial charge on any atom is 0.271 e. The van der Waals surface area contributed by atoms with Crippen molar-refractivity contribution in [2.45, 2.75) is 26.4 Å². The number of carbonyl (C=O) groups excluding carboxylic acids is 1. The molecule has 5 heteroatoms. The topological polar surface area (TPSA) is 75.1 Å². The second-order valence-electron chi connectivity index (χ2n) is 3.23. The molecule has 1 amide bonds. The lowest BCUT2D eigenvalue weighted by Gasteiger charge is -2.09. The molecular formula is C10H15N3O2. The highest BCUT2D eigenvalue weighted by Gasteiger charge is 2.14. The molecule has 0 bridgehead atoms. The summed E-state index contributed by atoms with van der Waals surface area (Å²) in [6, 6.07) is 0. The predicted octanol–water partition coefficient (Wildman–Crippen LogP) is 0.588. The van der Waals surface area contributed by atoms with Crippen molar-refractivity contribution in [3.63, 3.8) is 0 Å². The molecule has 1 aromatic heterocycles. The van der Waals surface area contributed by atoms with E-state index >= 15 is 0 Å². The third-order valence-electron chi connectivity index (χ3n) is 2.14. The van der Waals surface area contributed by atoms with Gasteiger partial charge in [-0.1, -0.05) is 6.92 Å². The van der Waals surface area contributed by atoms with E-state index in [9.17, 15) is 9.90 Å². The highest BCUT2D eigenvalue weighted by atomic mass is 16.3. The molecule has 0 saturated carbocycles. The molecule has 0 aliphatic rings. The number of carbonyl (C=O) groups is 1. The van der Waals surface area contributed by atoms with Crippen LogP contribution in [0.3, 0.4) is 0 Å². The number of amides is 1. The minimum Gasteiger partial charge on any atom is -0.387 e. The lowest BCUT2D eigenvalue weighted by atomic mass is 10.2. The van der Waals surface area contributed by atoms with Crippen LogP contribution < -0.4 is 5.32 Å². The van der Waals surface area contributed by atoms with Crippen molar-refractivity contribution in [1.82, 2.24) is 15.3 Å². The van der Waals surface area contributed by atoms with Crippen LogP contribution in [0.5, 0.6) is 0 Å². The second-order valence-corrected chi connectivity index (χ2v) is 3.23. The largest absolute Gasteiger partial charge is 0.387 e. The van der Waals surface area contributed by atoms with Crippen molar-refractivity contribution in [3.05, 3.63) is 23.3 Å². The zero-order valence-corrected chi connectivity index (χ0v) is 9.11. The SMILES string of the molecule is CCC(O)c1cnc(C)c(C(=O)NC)n1. The lowest BCUT2D eigenvalue weighted by molar-refractivity contribution is 0.0955. The maximum absolute atomic E-state index is 11.4. The zero-order valence-electron chi connectivity index (χ0n) is 9.11. The van der Waals surface area contributed by atoms with Crippen LogP contribution in [0, 0.1) is 6.92 Å². The smallest absolute Gasteiger partial charge is 0.271 e. The Morgan fingerprint density at radius 3 is 2.87 bits per heavy atom. The van der Waals surface area contributed by atoms with Gasteiger partial charge in [0.2, 0.25) is 0 Å². The van der Waals surface area contributed by atoms with E-state index in [1.165, 1.54) is 13.2 Å². The van der Waals surface area contributed by atoms with Gasteiger partial charge in [-0.2, -0.15) is 0 Å². The first kappa shape index (κ1) is 11.6. The summed E-state index contributed by atoms with van der Waals surface area (Å²) in [5.74, 6) is -0.287. The molecule has 0 saturated heterocycles. The molecule has 1 atom stereocenters. The molecule has 0 spiro atoms. The van der Waals surface area contributed by atoms with Crippen molar-refractivity contribution in [3.8, 4) is 0 Å². The molecule has 5 nitrogen and oxygen atoms in total. The van der Waals surface area contributed by atoms with Crippen LogP contribution in [-0.4, -0.2) is 28.0 Å². The van der Waals surface area contributed by atoms with Gasteiger partial charge in [-0.25, -0.2) is 4.98 Å². The third-order valence-corrected chi connectivity index (χ3v) is 2.14. The normalized spacial score (nSPS) is 12.3. The molecule has 0 fully saturated rings.